The number of hydrogen-bond acceptors (Lipinski definition) is 4. The highest BCUT2D eigenvalue weighted by Gasteiger charge is 2.53. The first-order chi connectivity index (χ1) is 21.3. The molecule has 1 aliphatic heterocycles. The maximum atomic E-state index is 14.2. The van der Waals surface area contributed by atoms with Crippen LogP contribution in [0, 0.1) is 0 Å². The lowest BCUT2D eigenvalue weighted by atomic mass is 9.90. The third-order valence-corrected chi connectivity index (χ3v) is 14.1. The molecule has 0 bridgehead atoms. The van der Waals surface area contributed by atoms with Gasteiger partial charge in [0, 0.05) is 6.54 Å². The Balaban J connectivity index is 1.48. The van der Waals surface area contributed by atoms with Crippen molar-refractivity contribution in [3.05, 3.63) is 103 Å². The van der Waals surface area contributed by atoms with Gasteiger partial charge in [-0.25, -0.2) is 4.79 Å². The average Bonchev–Trinajstić information content (AvgIpc) is 3.60. The van der Waals surface area contributed by atoms with E-state index in [1.54, 1.807) is 11.0 Å². The molecule has 0 saturated carbocycles. The maximum absolute atomic E-state index is 14.2. The number of benzene rings is 3. The van der Waals surface area contributed by atoms with E-state index < -0.39 is 25.6 Å². The van der Waals surface area contributed by atoms with Gasteiger partial charge in [0.1, 0.15) is 16.9 Å². The highest BCUT2D eigenvalue weighted by molar-refractivity contribution is 7.00. The summed E-state index contributed by atoms with van der Waals surface area (Å²) in [6, 6.07) is 27.4. The van der Waals surface area contributed by atoms with Gasteiger partial charge in [-0.15, -0.1) is 6.58 Å². The largest absolute Gasteiger partial charge is 0.534 e. The van der Waals surface area contributed by atoms with Crippen LogP contribution in [0.3, 0.4) is 0 Å². The Morgan fingerprint density at radius 1 is 0.978 bits per heavy atom. The van der Waals surface area contributed by atoms with Crippen LogP contribution in [-0.2, 0) is 16.0 Å². The number of likely N-dealkylation sites (tertiary alicyclic amines) is 1. The van der Waals surface area contributed by atoms with Crippen LogP contribution < -0.4 is 20.1 Å². The minimum atomic E-state index is -2.82. The Bertz CT molecular complexity index is 1490. The maximum Gasteiger partial charge on any atom is 0.411 e. The minimum Gasteiger partial charge on any atom is -0.534 e. The number of fused-ring (bicyclic) bond motifs is 1. The van der Waals surface area contributed by atoms with Gasteiger partial charge in [-0.3, -0.25) is 9.69 Å². The Morgan fingerprint density at radius 2 is 1.60 bits per heavy atom. The first kappa shape index (κ1) is 32.5. The number of nitrogens with one attached hydrogen (secondary N) is 1. The molecular formula is C38H48N2O4Si. The second kappa shape index (κ2) is 12.5. The van der Waals surface area contributed by atoms with Crippen molar-refractivity contribution in [3.63, 3.8) is 0 Å². The van der Waals surface area contributed by atoms with E-state index in [0.717, 1.165) is 30.6 Å². The fourth-order valence-electron chi connectivity index (χ4n) is 7.15. The molecule has 1 aliphatic carbocycles. The molecule has 0 radical (unpaired) electrons. The second-order valence-corrected chi connectivity index (χ2v) is 18.7. The third-order valence-electron chi connectivity index (χ3n) is 9.20. The molecule has 1 fully saturated rings. The summed E-state index contributed by atoms with van der Waals surface area (Å²) in [5, 5.41) is 5.60. The highest BCUT2D eigenvalue weighted by atomic mass is 28.4. The second-order valence-electron chi connectivity index (χ2n) is 14.5. The zero-order chi connectivity index (χ0) is 32.5. The van der Waals surface area contributed by atoms with E-state index in [0.29, 0.717) is 19.4 Å². The predicted molar refractivity (Wildman–Crippen MR) is 184 cm³/mol. The number of carbonyl (C=O) groups is 2. The van der Waals surface area contributed by atoms with Crippen LogP contribution in [0.2, 0.25) is 5.04 Å². The summed E-state index contributed by atoms with van der Waals surface area (Å²) in [5.74, 6) is 0.656. The number of amides is 2. The zero-order valence-electron chi connectivity index (χ0n) is 27.7. The number of rotatable bonds is 8. The molecule has 7 heteroatoms. The van der Waals surface area contributed by atoms with Gasteiger partial charge in [-0.05, 0) is 91.5 Å². The molecule has 3 aromatic rings. The number of aryl methyl sites for hydroxylation is 1. The van der Waals surface area contributed by atoms with E-state index in [1.807, 2.05) is 32.9 Å². The van der Waals surface area contributed by atoms with E-state index in [9.17, 15) is 9.59 Å². The topological polar surface area (TPSA) is 67.9 Å². The molecule has 5 rings (SSSR count). The monoisotopic (exact) mass is 624 g/mol. The zero-order valence-corrected chi connectivity index (χ0v) is 28.7. The van der Waals surface area contributed by atoms with Crippen LogP contribution in [0.4, 0.5) is 4.79 Å². The molecule has 0 aromatic heterocycles. The summed E-state index contributed by atoms with van der Waals surface area (Å²) in [5.41, 5.74) is 0.621. The van der Waals surface area contributed by atoms with E-state index in [2.05, 4.69) is 99.4 Å². The summed E-state index contributed by atoms with van der Waals surface area (Å²) >= 11 is 0. The van der Waals surface area contributed by atoms with Crippen LogP contribution >= 0.6 is 0 Å². The van der Waals surface area contributed by atoms with E-state index in [4.69, 9.17) is 9.16 Å². The van der Waals surface area contributed by atoms with Gasteiger partial charge in [-0.1, -0.05) is 93.6 Å². The summed E-state index contributed by atoms with van der Waals surface area (Å²) in [6.45, 7) is 16.8. The smallest absolute Gasteiger partial charge is 0.411 e. The first-order valence-corrected chi connectivity index (χ1v) is 18.1. The summed E-state index contributed by atoms with van der Waals surface area (Å²) in [4.78, 5) is 29.1. The molecule has 2 aliphatic rings. The molecule has 6 nitrogen and oxygen atoms in total. The molecule has 0 spiro atoms. The predicted octanol–water partition coefficient (Wildman–Crippen LogP) is 7.07. The van der Waals surface area contributed by atoms with Gasteiger partial charge in [0.2, 0.25) is 5.91 Å². The Kier molecular flexibility index (Phi) is 9.05. The van der Waals surface area contributed by atoms with Crippen molar-refractivity contribution in [2.45, 2.75) is 95.9 Å². The molecule has 2 unspecified atom stereocenters. The standard InChI is InChI=1S/C38H48N2O4Si/c1-8-24-38(25-15-26-40(38)35(42)43-36(2,3)4)34(41)39-33-23-21-28-20-22-29(27-32(28)33)44-45(37(5,6)7,30-16-11-9-12-17-30)31-18-13-10-14-19-31/h8-14,16-20,22,27,33H,1,15,21,23-26H2,2-7H3,(H,39,41). The van der Waals surface area contributed by atoms with Gasteiger partial charge in [0.15, 0.2) is 0 Å². The van der Waals surface area contributed by atoms with E-state index >= 15 is 0 Å². The molecule has 1 heterocycles. The molecule has 2 amide bonds. The lowest BCUT2D eigenvalue weighted by molar-refractivity contribution is -0.132. The van der Waals surface area contributed by atoms with Crippen molar-refractivity contribution < 1.29 is 18.8 Å². The Morgan fingerprint density at radius 3 is 2.16 bits per heavy atom. The lowest BCUT2D eigenvalue weighted by Crippen LogP contribution is -2.68. The number of ether oxygens (including phenoxy) is 1. The third kappa shape index (κ3) is 6.32. The van der Waals surface area contributed by atoms with Gasteiger partial charge < -0.3 is 14.5 Å². The number of nitrogens with zero attached hydrogens (tertiary/aromatic N) is 1. The normalized spacial score (nSPS) is 20.0. The fourth-order valence-corrected chi connectivity index (χ4v) is 11.6. The molecule has 1 N–H and O–H groups in total. The molecule has 1 saturated heterocycles. The molecule has 45 heavy (non-hydrogen) atoms. The van der Waals surface area contributed by atoms with Gasteiger partial charge in [0.05, 0.1) is 6.04 Å². The van der Waals surface area contributed by atoms with Crippen LogP contribution in [0.15, 0.2) is 91.5 Å². The highest BCUT2D eigenvalue weighted by Crippen LogP contribution is 2.41. The lowest BCUT2D eigenvalue weighted by Gasteiger charge is -2.43. The minimum absolute atomic E-state index is 0.151. The average molecular weight is 625 g/mol. The number of carbonyl (C=O) groups excluding carboxylic acids is 2. The van der Waals surface area contributed by atoms with Crippen molar-refractivity contribution in [1.29, 1.82) is 0 Å². The van der Waals surface area contributed by atoms with E-state index in [1.165, 1.54) is 15.9 Å². The molecular weight excluding hydrogens is 577 g/mol. The quantitative estimate of drug-likeness (QED) is 0.215. The van der Waals surface area contributed by atoms with Crippen LogP contribution in [0.1, 0.15) is 84.4 Å². The van der Waals surface area contributed by atoms with Crippen molar-refractivity contribution in [3.8, 4) is 5.75 Å². The molecule has 3 aromatic carbocycles. The molecule has 2 atom stereocenters. The summed E-state index contributed by atoms with van der Waals surface area (Å²) in [7, 11) is -2.82. The summed E-state index contributed by atoms with van der Waals surface area (Å²) < 4.78 is 13.0. The van der Waals surface area contributed by atoms with Gasteiger partial charge in [-0.2, -0.15) is 0 Å². The first-order valence-electron chi connectivity index (χ1n) is 16.2. The van der Waals surface area contributed by atoms with Gasteiger partial charge in [0.25, 0.3) is 0 Å². The Labute approximate surface area is 270 Å². The van der Waals surface area contributed by atoms with Crippen molar-refractivity contribution in [2.75, 3.05) is 6.54 Å². The van der Waals surface area contributed by atoms with E-state index in [-0.39, 0.29) is 17.0 Å². The number of hydrogen-bond donors (Lipinski definition) is 1. The molecule has 238 valence electrons. The van der Waals surface area contributed by atoms with Crippen molar-refractivity contribution in [2.24, 2.45) is 0 Å². The Hall–Kier alpha value is -3.84. The van der Waals surface area contributed by atoms with Crippen LogP contribution in [0.25, 0.3) is 0 Å². The van der Waals surface area contributed by atoms with Crippen molar-refractivity contribution >= 4 is 30.7 Å². The SMILES string of the molecule is C=CCC1(C(=O)NC2CCc3ccc(O[Si](c4ccccc4)(c4ccccc4)C(C)(C)C)cc32)CCCN1C(=O)OC(C)(C)C. The van der Waals surface area contributed by atoms with Crippen LogP contribution in [-0.4, -0.2) is 42.9 Å². The summed E-state index contributed by atoms with van der Waals surface area (Å²) in [6.07, 6.45) is 4.61. The fraction of sp³-hybridized carbons (Fsp3) is 0.421. The van der Waals surface area contributed by atoms with Gasteiger partial charge >= 0.3 is 14.4 Å². The van der Waals surface area contributed by atoms with Crippen LogP contribution in [0.5, 0.6) is 5.75 Å². The van der Waals surface area contributed by atoms with Crippen molar-refractivity contribution in [1.82, 2.24) is 10.2 Å².